The zero-order valence-electron chi connectivity index (χ0n) is 6.89. The largest absolute Gasteiger partial charge is 0.399 e. The van der Waals surface area contributed by atoms with Crippen LogP contribution < -0.4 is 5.73 Å². The maximum Gasteiger partial charge on any atom is 0.0270 e. The lowest BCUT2D eigenvalue weighted by Crippen LogP contribution is -1.90. The fourth-order valence-corrected chi connectivity index (χ4v) is 0.420. The first-order valence-corrected chi connectivity index (χ1v) is 3.43. The Morgan fingerprint density at radius 3 is 2.10 bits per heavy atom. The number of hydrogen-bond donors (Lipinski definition) is 1. The average molecular weight is 137 g/mol. The van der Waals surface area contributed by atoms with E-state index in [2.05, 4.69) is 0 Å². The molecule has 2 N–H and O–H groups in total. The first kappa shape index (κ1) is 9.02. The smallest absolute Gasteiger partial charge is 0.0270 e. The third-order valence-corrected chi connectivity index (χ3v) is 1.33. The fourth-order valence-electron chi connectivity index (χ4n) is 0.420. The SMILES string of the molecule is C\C=C(C)/C=C\C(N)=C/C. The van der Waals surface area contributed by atoms with E-state index in [1.54, 1.807) is 0 Å². The van der Waals surface area contributed by atoms with Gasteiger partial charge in [0.15, 0.2) is 0 Å². The van der Waals surface area contributed by atoms with Gasteiger partial charge in [-0.05, 0) is 26.8 Å². The summed E-state index contributed by atoms with van der Waals surface area (Å²) in [5, 5.41) is 0. The summed E-state index contributed by atoms with van der Waals surface area (Å²) in [4.78, 5) is 0. The van der Waals surface area contributed by atoms with Gasteiger partial charge in [-0.25, -0.2) is 0 Å². The maximum atomic E-state index is 5.52. The molecule has 0 bridgehead atoms. The molecule has 0 amide bonds. The van der Waals surface area contributed by atoms with Crippen LogP contribution in [0, 0.1) is 0 Å². The van der Waals surface area contributed by atoms with Crippen molar-refractivity contribution in [3.8, 4) is 0 Å². The summed E-state index contributed by atoms with van der Waals surface area (Å²) in [7, 11) is 0. The van der Waals surface area contributed by atoms with Crippen LogP contribution in [0.4, 0.5) is 0 Å². The first-order chi connectivity index (χ1) is 4.70. The van der Waals surface area contributed by atoms with Gasteiger partial charge in [-0.2, -0.15) is 0 Å². The molecule has 1 heteroatoms. The lowest BCUT2D eigenvalue weighted by atomic mass is 10.2. The van der Waals surface area contributed by atoms with Crippen LogP contribution in [0.1, 0.15) is 20.8 Å². The van der Waals surface area contributed by atoms with E-state index < -0.39 is 0 Å². The Morgan fingerprint density at radius 1 is 1.10 bits per heavy atom. The minimum Gasteiger partial charge on any atom is -0.399 e. The summed E-state index contributed by atoms with van der Waals surface area (Å²) in [6.45, 7) is 5.97. The predicted octanol–water partition coefficient (Wildman–Crippen LogP) is 2.37. The van der Waals surface area contributed by atoms with E-state index in [9.17, 15) is 0 Å². The lowest BCUT2D eigenvalue weighted by molar-refractivity contribution is 1.37. The van der Waals surface area contributed by atoms with Crippen LogP contribution in [0.25, 0.3) is 0 Å². The van der Waals surface area contributed by atoms with Crippen molar-refractivity contribution in [1.29, 1.82) is 0 Å². The molecular formula is C9H15N. The van der Waals surface area contributed by atoms with Gasteiger partial charge in [-0.1, -0.05) is 23.8 Å². The molecule has 1 nitrogen and oxygen atoms in total. The Bertz CT molecular complexity index is 153. The van der Waals surface area contributed by atoms with Crippen molar-refractivity contribution in [1.82, 2.24) is 0 Å². The van der Waals surface area contributed by atoms with Crippen LogP contribution in [0.15, 0.2) is 35.6 Å². The second kappa shape index (κ2) is 4.86. The third-order valence-electron chi connectivity index (χ3n) is 1.33. The minimum absolute atomic E-state index is 0.807. The second-order valence-corrected chi connectivity index (χ2v) is 2.15. The number of nitrogens with two attached hydrogens (primary N) is 1. The molecule has 10 heavy (non-hydrogen) atoms. The number of rotatable bonds is 2. The summed E-state index contributed by atoms with van der Waals surface area (Å²) >= 11 is 0. The van der Waals surface area contributed by atoms with Crippen molar-refractivity contribution in [2.45, 2.75) is 20.8 Å². The number of allylic oxidation sites excluding steroid dienone is 5. The van der Waals surface area contributed by atoms with E-state index in [1.165, 1.54) is 5.57 Å². The van der Waals surface area contributed by atoms with Crippen molar-refractivity contribution in [2.24, 2.45) is 5.73 Å². The number of hydrogen-bond acceptors (Lipinski definition) is 1. The van der Waals surface area contributed by atoms with Gasteiger partial charge >= 0.3 is 0 Å². The highest BCUT2D eigenvalue weighted by Crippen LogP contribution is 1.95. The van der Waals surface area contributed by atoms with Gasteiger partial charge in [0.05, 0.1) is 0 Å². The van der Waals surface area contributed by atoms with E-state index in [1.807, 2.05) is 45.1 Å². The molecule has 0 aromatic heterocycles. The van der Waals surface area contributed by atoms with Crippen LogP contribution in [0.2, 0.25) is 0 Å². The first-order valence-electron chi connectivity index (χ1n) is 3.43. The molecule has 0 fully saturated rings. The molecule has 0 atom stereocenters. The molecule has 0 radical (unpaired) electrons. The Balaban J connectivity index is 4.01. The molecule has 0 aromatic carbocycles. The predicted molar refractivity (Wildman–Crippen MR) is 46.5 cm³/mol. The van der Waals surface area contributed by atoms with Crippen LogP contribution in [-0.2, 0) is 0 Å². The monoisotopic (exact) mass is 137 g/mol. The topological polar surface area (TPSA) is 26.0 Å². The van der Waals surface area contributed by atoms with Gasteiger partial charge in [0, 0.05) is 5.70 Å². The van der Waals surface area contributed by atoms with Crippen LogP contribution in [-0.4, -0.2) is 0 Å². The van der Waals surface area contributed by atoms with Gasteiger partial charge < -0.3 is 5.73 Å². The summed E-state index contributed by atoms with van der Waals surface area (Å²) in [5.74, 6) is 0. The van der Waals surface area contributed by atoms with Crippen LogP contribution in [0.3, 0.4) is 0 Å². The van der Waals surface area contributed by atoms with Crippen LogP contribution >= 0.6 is 0 Å². The molecule has 0 unspecified atom stereocenters. The van der Waals surface area contributed by atoms with Gasteiger partial charge in [0.25, 0.3) is 0 Å². The molecule has 0 heterocycles. The molecule has 0 saturated carbocycles. The average Bonchev–Trinajstić information content (AvgIpc) is 1.99. The third kappa shape index (κ3) is 3.96. The van der Waals surface area contributed by atoms with Crippen LogP contribution in [0.5, 0.6) is 0 Å². The molecular weight excluding hydrogens is 122 g/mol. The highest BCUT2D eigenvalue weighted by molar-refractivity contribution is 5.23. The maximum absolute atomic E-state index is 5.52. The Hall–Kier alpha value is -0.980. The molecule has 0 aromatic rings. The molecule has 0 spiro atoms. The Morgan fingerprint density at radius 2 is 1.70 bits per heavy atom. The molecule has 0 aliphatic rings. The standard InChI is InChI=1S/C9H15N/c1-4-8(3)6-7-9(10)5-2/h4-7H,10H2,1-3H3/b7-6-,8-4-,9-5+. The molecule has 56 valence electrons. The van der Waals surface area contributed by atoms with Gasteiger partial charge in [0.1, 0.15) is 0 Å². The normalized spacial score (nSPS) is 14.7. The van der Waals surface area contributed by atoms with Gasteiger partial charge in [0.2, 0.25) is 0 Å². The Labute approximate surface area is 62.9 Å². The fraction of sp³-hybridized carbons (Fsp3) is 0.333. The zero-order chi connectivity index (χ0) is 7.98. The van der Waals surface area contributed by atoms with E-state index >= 15 is 0 Å². The Kier molecular flexibility index (Phi) is 4.38. The molecule has 0 aliphatic carbocycles. The van der Waals surface area contributed by atoms with Crippen molar-refractivity contribution in [3.05, 3.63) is 35.6 Å². The van der Waals surface area contributed by atoms with Gasteiger partial charge in [-0.3, -0.25) is 0 Å². The van der Waals surface area contributed by atoms with Crippen molar-refractivity contribution >= 4 is 0 Å². The van der Waals surface area contributed by atoms with E-state index in [4.69, 9.17) is 5.73 Å². The van der Waals surface area contributed by atoms with Crippen molar-refractivity contribution in [2.75, 3.05) is 0 Å². The highest BCUT2D eigenvalue weighted by atomic mass is 14.5. The van der Waals surface area contributed by atoms with E-state index in [0.29, 0.717) is 0 Å². The summed E-state index contributed by atoms with van der Waals surface area (Å²) in [6.07, 6.45) is 7.81. The summed E-state index contributed by atoms with van der Waals surface area (Å²) < 4.78 is 0. The summed E-state index contributed by atoms with van der Waals surface area (Å²) in [6, 6.07) is 0. The highest BCUT2D eigenvalue weighted by Gasteiger charge is 1.78. The summed E-state index contributed by atoms with van der Waals surface area (Å²) in [5.41, 5.74) is 7.56. The van der Waals surface area contributed by atoms with Gasteiger partial charge in [-0.15, -0.1) is 0 Å². The zero-order valence-corrected chi connectivity index (χ0v) is 6.89. The van der Waals surface area contributed by atoms with E-state index in [0.717, 1.165) is 5.70 Å². The van der Waals surface area contributed by atoms with Crippen molar-refractivity contribution < 1.29 is 0 Å². The quantitative estimate of drug-likeness (QED) is 0.581. The molecule has 0 saturated heterocycles. The molecule has 0 rings (SSSR count). The van der Waals surface area contributed by atoms with E-state index in [-0.39, 0.29) is 0 Å². The lowest BCUT2D eigenvalue weighted by Gasteiger charge is -1.89. The second-order valence-electron chi connectivity index (χ2n) is 2.15. The van der Waals surface area contributed by atoms with Crippen molar-refractivity contribution in [3.63, 3.8) is 0 Å². The molecule has 0 aliphatic heterocycles. The minimum atomic E-state index is 0.807.